The maximum Gasteiger partial charge on any atom is 0.159 e. The van der Waals surface area contributed by atoms with E-state index < -0.39 is 0 Å². The van der Waals surface area contributed by atoms with Crippen molar-refractivity contribution >= 4 is 44.5 Å². The molecular weight excluding hydrogens is 222 g/mol. The van der Waals surface area contributed by atoms with Crippen molar-refractivity contribution in [3.05, 3.63) is 39.8 Å². The van der Waals surface area contributed by atoms with Crippen molar-refractivity contribution < 1.29 is 0 Å². The van der Waals surface area contributed by atoms with Crippen LogP contribution in [0.2, 0.25) is 0 Å². The van der Waals surface area contributed by atoms with Crippen molar-refractivity contribution in [2.75, 3.05) is 0 Å². The lowest BCUT2D eigenvalue weighted by atomic mass is 10.1. The maximum absolute atomic E-state index is 5.20. The van der Waals surface area contributed by atoms with Gasteiger partial charge in [-0.25, -0.2) is 0 Å². The molecule has 3 aromatic rings. The molecule has 0 atom stereocenters. The van der Waals surface area contributed by atoms with Crippen molar-refractivity contribution in [1.29, 1.82) is 0 Å². The van der Waals surface area contributed by atoms with Crippen LogP contribution >= 0.6 is 23.6 Å². The van der Waals surface area contributed by atoms with Crippen molar-refractivity contribution in [1.82, 2.24) is 4.98 Å². The standard InChI is InChI=1S/C12H9NS2/c1-7-6-8-4-2-3-5-9(8)10-11(7)15-12(14)13-10/h2-6H,1H3,(H,13,14). The van der Waals surface area contributed by atoms with Crippen LogP contribution in [0.25, 0.3) is 21.0 Å². The number of rotatable bonds is 0. The molecule has 0 spiro atoms. The third-order valence-electron chi connectivity index (χ3n) is 2.61. The van der Waals surface area contributed by atoms with E-state index in [4.69, 9.17) is 12.2 Å². The van der Waals surface area contributed by atoms with Gasteiger partial charge in [0.2, 0.25) is 0 Å². The Morgan fingerprint density at radius 3 is 2.93 bits per heavy atom. The molecule has 0 bridgehead atoms. The molecule has 2 aromatic carbocycles. The van der Waals surface area contributed by atoms with E-state index in [-0.39, 0.29) is 0 Å². The van der Waals surface area contributed by atoms with E-state index in [1.54, 1.807) is 11.3 Å². The van der Waals surface area contributed by atoms with E-state index in [2.05, 4.69) is 42.2 Å². The number of fused-ring (bicyclic) bond motifs is 3. The van der Waals surface area contributed by atoms with Crippen molar-refractivity contribution in [3.63, 3.8) is 0 Å². The van der Waals surface area contributed by atoms with E-state index in [1.165, 1.54) is 26.6 Å². The Hall–Kier alpha value is -1.19. The first-order chi connectivity index (χ1) is 7.25. The van der Waals surface area contributed by atoms with Gasteiger partial charge in [-0.2, -0.15) is 0 Å². The van der Waals surface area contributed by atoms with Gasteiger partial charge in [-0.1, -0.05) is 24.3 Å². The van der Waals surface area contributed by atoms with Gasteiger partial charge < -0.3 is 4.98 Å². The Labute approximate surface area is 96.4 Å². The van der Waals surface area contributed by atoms with Crippen LogP contribution in [-0.2, 0) is 0 Å². The summed E-state index contributed by atoms with van der Waals surface area (Å²) in [6, 6.07) is 10.6. The fourth-order valence-corrected chi connectivity index (χ4v) is 3.12. The molecular formula is C12H9NS2. The number of aromatic amines is 1. The Balaban J connectivity index is 2.69. The number of nitrogens with one attached hydrogen (secondary N) is 1. The first-order valence-electron chi connectivity index (χ1n) is 4.77. The molecule has 0 aliphatic rings. The molecule has 0 saturated heterocycles. The highest BCUT2D eigenvalue weighted by atomic mass is 32.1. The molecule has 3 rings (SSSR count). The molecule has 15 heavy (non-hydrogen) atoms. The Kier molecular flexibility index (Phi) is 1.90. The molecule has 1 aromatic heterocycles. The topological polar surface area (TPSA) is 15.8 Å². The molecule has 1 nitrogen and oxygen atoms in total. The minimum absolute atomic E-state index is 0.851. The lowest BCUT2D eigenvalue weighted by Gasteiger charge is -2.01. The zero-order valence-corrected chi connectivity index (χ0v) is 9.84. The summed E-state index contributed by atoms with van der Waals surface area (Å²) in [7, 11) is 0. The fourth-order valence-electron chi connectivity index (χ4n) is 1.94. The van der Waals surface area contributed by atoms with Gasteiger partial charge in [-0.15, -0.1) is 11.3 Å². The van der Waals surface area contributed by atoms with Crippen LogP contribution in [0.4, 0.5) is 0 Å². The predicted octanol–water partition coefficient (Wildman–Crippen LogP) is 4.42. The Morgan fingerprint density at radius 2 is 2.07 bits per heavy atom. The number of hydrogen-bond donors (Lipinski definition) is 1. The molecule has 0 fully saturated rings. The highest BCUT2D eigenvalue weighted by Crippen LogP contribution is 2.30. The van der Waals surface area contributed by atoms with Crippen molar-refractivity contribution in [3.8, 4) is 0 Å². The highest BCUT2D eigenvalue weighted by molar-refractivity contribution is 7.73. The average molecular weight is 231 g/mol. The van der Waals surface area contributed by atoms with E-state index in [1.807, 2.05) is 0 Å². The third kappa shape index (κ3) is 1.31. The van der Waals surface area contributed by atoms with Crippen molar-refractivity contribution in [2.45, 2.75) is 6.92 Å². The normalized spacial score (nSPS) is 11.3. The summed E-state index contributed by atoms with van der Waals surface area (Å²) in [5.74, 6) is 0. The summed E-state index contributed by atoms with van der Waals surface area (Å²) in [5, 5.41) is 2.53. The van der Waals surface area contributed by atoms with E-state index in [9.17, 15) is 0 Å². The monoisotopic (exact) mass is 231 g/mol. The van der Waals surface area contributed by atoms with Crippen LogP contribution in [0.5, 0.6) is 0 Å². The van der Waals surface area contributed by atoms with Crippen LogP contribution in [0.15, 0.2) is 30.3 Å². The van der Waals surface area contributed by atoms with Crippen LogP contribution in [0.3, 0.4) is 0 Å². The van der Waals surface area contributed by atoms with Crippen LogP contribution in [0, 0.1) is 10.9 Å². The van der Waals surface area contributed by atoms with Crippen LogP contribution in [0.1, 0.15) is 5.56 Å². The Morgan fingerprint density at radius 1 is 1.27 bits per heavy atom. The van der Waals surface area contributed by atoms with Gasteiger partial charge in [0.05, 0.1) is 10.2 Å². The number of H-pyrrole nitrogens is 1. The third-order valence-corrected chi connectivity index (χ3v) is 3.98. The number of benzene rings is 2. The van der Waals surface area contributed by atoms with Gasteiger partial charge in [-0.3, -0.25) is 0 Å². The molecule has 0 radical (unpaired) electrons. The Bertz CT molecular complexity index is 706. The number of aryl methyl sites for hydroxylation is 1. The summed E-state index contributed by atoms with van der Waals surface area (Å²) < 4.78 is 2.13. The van der Waals surface area contributed by atoms with Crippen molar-refractivity contribution in [2.24, 2.45) is 0 Å². The summed E-state index contributed by atoms with van der Waals surface area (Å²) in [6.07, 6.45) is 0. The second-order valence-corrected chi connectivity index (χ2v) is 5.32. The lowest BCUT2D eigenvalue weighted by molar-refractivity contribution is 1.47. The predicted molar refractivity (Wildman–Crippen MR) is 69.3 cm³/mol. The smallest absolute Gasteiger partial charge is 0.159 e. The highest BCUT2D eigenvalue weighted by Gasteiger charge is 2.05. The first kappa shape index (κ1) is 9.07. The van der Waals surface area contributed by atoms with E-state index in [0.29, 0.717) is 0 Å². The van der Waals surface area contributed by atoms with E-state index >= 15 is 0 Å². The summed E-state index contributed by atoms with van der Waals surface area (Å²) >= 11 is 6.85. The van der Waals surface area contributed by atoms with Gasteiger partial charge in [0.25, 0.3) is 0 Å². The quantitative estimate of drug-likeness (QED) is 0.566. The number of aromatic nitrogens is 1. The molecule has 3 heteroatoms. The molecule has 0 aliphatic carbocycles. The molecule has 1 N–H and O–H groups in total. The first-order valence-corrected chi connectivity index (χ1v) is 5.99. The average Bonchev–Trinajstić information content (AvgIpc) is 2.61. The summed E-state index contributed by atoms with van der Waals surface area (Å²) in [4.78, 5) is 3.28. The molecule has 1 heterocycles. The molecule has 0 unspecified atom stereocenters. The van der Waals surface area contributed by atoms with Crippen LogP contribution in [-0.4, -0.2) is 4.98 Å². The van der Waals surface area contributed by atoms with E-state index in [0.717, 1.165) is 3.95 Å². The van der Waals surface area contributed by atoms with Gasteiger partial charge >= 0.3 is 0 Å². The molecule has 0 saturated carbocycles. The van der Waals surface area contributed by atoms with Gasteiger partial charge in [0.15, 0.2) is 3.95 Å². The zero-order valence-electron chi connectivity index (χ0n) is 8.20. The summed E-state index contributed by atoms with van der Waals surface area (Å²) in [5.41, 5.74) is 2.47. The minimum Gasteiger partial charge on any atom is -0.336 e. The molecule has 74 valence electrons. The molecule has 0 aliphatic heterocycles. The second-order valence-electron chi connectivity index (χ2n) is 3.63. The number of hydrogen-bond acceptors (Lipinski definition) is 2. The van der Waals surface area contributed by atoms with Gasteiger partial charge in [0, 0.05) is 5.39 Å². The lowest BCUT2D eigenvalue weighted by Crippen LogP contribution is -1.78. The number of thiazole rings is 1. The second kappa shape index (κ2) is 3.15. The molecule has 0 amide bonds. The largest absolute Gasteiger partial charge is 0.336 e. The maximum atomic E-state index is 5.20. The summed E-state index contributed by atoms with van der Waals surface area (Å²) in [6.45, 7) is 2.13. The fraction of sp³-hybridized carbons (Fsp3) is 0.0833. The SMILES string of the molecule is Cc1cc2ccccc2c2[nH]c(=S)sc12. The van der Waals surface area contributed by atoms with Gasteiger partial charge in [-0.05, 0) is 36.2 Å². The van der Waals surface area contributed by atoms with Gasteiger partial charge in [0.1, 0.15) is 0 Å². The zero-order chi connectivity index (χ0) is 10.4. The van der Waals surface area contributed by atoms with Crippen LogP contribution < -0.4 is 0 Å². The minimum atomic E-state index is 0.851.